The first kappa shape index (κ1) is 17.2. The SMILES string of the molecule is COc1cc(NC(=O)c2nc(Cl)ccc2Cl)cc(OC)c1OC. The molecule has 0 aliphatic rings. The molecule has 2 aromatic rings. The fourth-order valence-electron chi connectivity index (χ4n) is 1.92. The van der Waals surface area contributed by atoms with Crippen LogP contribution in [-0.4, -0.2) is 32.2 Å². The van der Waals surface area contributed by atoms with Gasteiger partial charge in [0.1, 0.15) is 10.8 Å². The number of amides is 1. The summed E-state index contributed by atoms with van der Waals surface area (Å²) in [5.74, 6) is 0.735. The lowest BCUT2D eigenvalue weighted by molar-refractivity contribution is 0.102. The van der Waals surface area contributed by atoms with Gasteiger partial charge in [0, 0.05) is 17.8 Å². The molecule has 0 unspecified atom stereocenters. The van der Waals surface area contributed by atoms with Crippen molar-refractivity contribution in [2.45, 2.75) is 0 Å². The predicted octanol–water partition coefficient (Wildman–Crippen LogP) is 3.67. The van der Waals surface area contributed by atoms with Crippen LogP contribution in [0.1, 0.15) is 10.5 Å². The molecule has 23 heavy (non-hydrogen) atoms. The molecule has 0 aliphatic heterocycles. The van der Waals surface area contributed by atoms with Gasteiger partial charge < -0.3 is 19.5 Å². The molecule has 122 valence electrons. The normalized spacial score (nSPS) is 10.1. The topological polar surface area (TPSA) is 69.7 Å². The highest BCUT2D eigenvalue weighted by atomic mass is 35.5. The third-order valence-corrected chi connectivity index (χ3v) is 3.47. The number of aromatic nitrogens is 1. The minimum atomic E-state index is -0.508. The maximum absolute atomic E-state index is 12.3. The highest BCUT2D eigenvalue weighted by Gasteiger charge is 2.17. The summed E-state index contributed by atoms with van der Waals surface area (Å²) < 4.78 is 15.7. The van der Waals surface area contributed by atoms with E-state index in [4.69, 9.17) is 37.4 Å². The number of pyridine rings is 1. The summed E-state index contributed by atoms with van der Waals surface area (Å²) >= 11 is 11.8. The van der Waals surface area contributed by atoms with Crippen LogP contribution in [0.2, 0.25) is 10.2 Å². The van der Waals surface area contributed by atoms with Crippen LogP contribution in [0.3, 0.4) is 0 Å². The minimum Gasteiger partial charge on any atom is -0.493 e. The Kier molecular flexibility index (Phi) is 5.52. The lowest BCUT2D eigenvalue weighted by Gasteiger charge is -2.14. The van der Waals surface area contributed by atoms with Gasteiger partial charge in [0.25, 0.3) is 5.91 Å². The van der Waals surface area contributed by atoms with Crippen molar-refractivity contribution >= 4 is 34.8 Å². The summed E-state index contributed by atoms with van der Waals surface area (Å²) in [6.45, 7) is 0. The highest BCUT2D eigenvalue weighted by molar-refractivity contribution is 6.35. The summed E-state index contributed by atoms with van der Waals surface area (Å²) in [6, 6.07) is 6.19. The number of carbonyl (C=O) groups excluding carboxylic acids is 1. The van der Waals surface area contributed by atoms with E-state index in [1.54, 1.807) is 12.1 Å². The molecular weight excluding hydrogens is 343 g/mol. The molecule has 0 atom stereocenters. The molecule has 1 aromatic heterocycles. The van der Waals surface area contributed by atoms with E-state index in [1.165, 1.54) is 33.5 Å². The van der Waals surface area contributed by atoms with Gasteiger partial charge in [0.2, 0.25) is 5.75 Å². The standard InChI is InChI=1S/C15H14Cl2N2O4/c1-21-10-6-8(7-11(22-2)14(10)23-3)18-15(20)13-9(16)4-5-12(17)19-13/h4-7H,1-3H3,(H,18,20). The molecule has 0 fully saturated rings. The summed E-state index contributed by atoms with van der Waals surface area (Å²) in [6.07, 6.45) is 0. The molecule has 0 aliphatic carbocycles. The van der Waals surface area contributed by atoms with E-state index in [0.29, 0.717) is 22.9 Å². The Hall–Kier alpha value is -2.18. The largest absolute Gasteiger partial charge is 0.493 e. The first-order valence-electron chi connectivity index (χ1n) is 6.43. The van der Waals surface area contributed by atoms with Crippen molar-refractivity contribution in [3.05, 3.63) is 40.1 Å². The number of nitrogens with one attached hydrogen (secondary N) is 1. The summed E-state index contributed by atoms with van der Waals surface area (Å²) in [5.41, 5.74) is 0.454. The molecule has 0 radical (unpaired) electrons. The van der Waals surface area contributed by atoms with E-state index in [0.717, 1.165) is 0 Å². The molecule has 1 N–H and O–H groups in total. The highest BCUT2D eigenvalue weighted by Crippen LogP contribution is 2.40. The number of benzene rings is 1. The average molecular weight is 357 g/mol. The molecule has 6 nitrogen and oxygen atoms in total. The van der Waals surface area contributed by atoms with E-state index in [1.807, 2.05) is 0 Å². The molecule has 0 saturated carbocycles. The molecule has 8 heteroatoms. The van der Waals surface area contributed by atoms with Crippen molar-refractivity contribution in [3.8, 4) is 17.2 Å². The Morgan fingerprint density at radius 1 is 1.04 bits per heavy atom. The van der Waals surface area contributed by atoms with Crippen LogP contribution in [0, 0.1) is 0 Å². The van der Waals surface area contributed by atoms with E-state index >= 15 is 0 Å². The second-order valence-corrected chi connectivity index (χ2v) is 5.13. The number of methoxy groups -OCH3 is 3. The second-order valence-electron chi connectivity index (χ2n) is 4.33. The quantitative estimate of drug-likeness (QED) is 0.827. The Morgan fingerprint density at radius 2 is 1.65 bits per heavy atom. The molecule has 0 saturated heterocycles. The average Bonchev–Trinajstić information content (AvgIpc) is 2.55. The van der Waals surface area contributed by atoms with Crippen molar-refractivity contribution in [3.63, 3.8) is 0 Å². The van der Waals surface area contributed by atoms with Gasteiger partial charge >= 0.3 is 0 Å². The summed E-state index contributed by atoms with van der Waals surface area (Å²) in [7, 11) is 4.46. The fourth-order valence-corrected chi connectivity index (χ4v) is 2.26. The zero-order valence-corrected chi connectivity index (χ0v) is 14.2. The van der Waals surface area contributed by atoms with E-state index in [9.17, 15) is 4.79 Å². The van der Waals surface area contributed by atoms with Gasteiger partial charge in [-0.05, 0) is 12.1 Å². The van der Waals surface area contributed by atoms with Gasteiger partial charge in [-0.2, -0.15) is 0 Å². The third kappa shape index (κ3) is 3.78. The van der Waals surface area contributed by atoms with Crippen molar-refractivity contribution < 1.29 is 19.0 Å². The summed E-state index contributed by atoms with van der Waals surface area (Å²) in [5, 5.41) is 3.03. The molecule has 0 bridgehead atoms. The lowest BCUT2D eigenvalue weighted by Crippen LogP contribution is -2.14. The monoisotopic (exact) mass is 356 g/mol. The Bertz CT molecular complexity index is 712. The number of rotatable bonds is 5. The van der Waals surface area contributed by atoms with Crippen LogP contribution in [-0.2, 0) is 0 Å². The molecule has 2 rings (SSSR count). The maximum Gasteiger partial charge on any atom is 0.275 e. The number of halogens is 2. The van der Waals surface area contributed by atoms with Crippen molar-refractivity contribution in [1.82, 2.24) is 4.98 Å². The molecule has 0 spiro atoms. The zero-order valence-electron chi connectivity index (χ0n) is 12.6. The van der Waals surface area contributed by atoms with Crippen LogP contribution >= 0.6 is 23.2 Å². The van der Waals surface area contributed by atoms with Gasteiger partial charge in [0.15, 0.2) is 11.5 Å². The Balaban J connectivity index is 2.36. The van der Waals surface area contributed by atoms with Crippen LogP contribution in [0.5, 0.6) is 17.2 Å². The van der Waals surface area contributed by atoms with Gasteiger partial charge in [-0.3, -0.25) is 4.79 Å². The van der Waals surface area contributed by atoms with Gasteiger partial charge in [-0.1, -0.05) is 23.2 Å². The second kappa shape index (κ2) is 7.39. The molecule has 1 aromatic carbocycles. The van der Waals surface area contributed by atoms with E-state index in [2.05, 4.69) is 10.3 Å². The number of hydrogen-bond donors (Lipinski definition) is 1. The van der Waals surface area contributed by atoms with Crippen molar-refractivity contribution in [2.75, 3.05) is 26.6 Å². The molecule has 1 heterocycles. The smallest absolute Gasteiger partial charge is 0.275 e. The Labute approximate surface area is 143 Å². The zero-order chi connectivity index (χ0) is 17.0. The van der Waals surface area contributed by atoms with Crippen LogP contribution < -0.4 is 19.5 Å². The van der Waals surface area contributed by atoms with Crippen LogP contribution in [0.4, 0.5) is 5.69 Å². The first-order valence-corrected chi connectivity index (χ1v) is 7.19. The molecular formula is C15H14Cl2N2O4. The third-order valence-electron chi connectivity index (χ3n) is 2.95. The predicted molar refractivity (Wildman–Crippen MR) is 88.3 cm³/mol. The van der Waals surface area contributed by atoms with Gasteiger partial charge in [0.05, 0.1) is 26.4 Å². The van der Waals surface area contributed by atoms with Gasteiger partial charge in [-0.15, -0.1) is 0 Å². The minimum absolute atomic E-state index is 0.0212. The first-order chi connectivity index (χ1) is 11.0. The number of anilines is 1. The van der Waals surface area contributed by atoms with Crippen LogP contribution in [0.15, 0.2) is 24.3 Å². The number of hydrogen-bond acceptors (Lipinski definition) is 5. The van der Waals surface area contributed by atoms with Crippen molar-refractivity contribution in [1.29, 1.82) is 0 Å². The molecule has 1 amide bonds. The van der Waals surface area contributed by atoms with Gasteiger partial charge in [-0.25, -0.2) is 4.98 Å². The van der Waals surface area contributed by atoms with E-state index < -0.39 is 5.91 Å². The van der Waals surface area contributed by atoms with E-state index in [-0.39, 0.29) is 15.9 Å². The fraction of sp³-hybridized carbons (Fsp3) is 0.200. The number of nitrogens with zero attached hydrogens (tertiary/aromatic N) is 1. The maximum atomic E-state index is 12.3. The summed E-state index contributed by atoms with van der Waals surface area (Å²) in [4.78, 5) is 16.2. The van der Waals surface area contributed by atoms with Crippen molar-refractivity contribution in [2.24, 2.45) is 0 Å². The van der Waals surface area contributed by atoms with Crippen LogP contribution in [0.25, 0.3) is 0 Å². The number of carbonyl (C=O) groups is 1. The number of ether oxygens (including phenoxy) is 3. The lowest BCUT2D eigenvalue weighted by atomic mass is 10.2. The Morgan fingerprint density at radius 3 is 2.17 bits per heavy atom.